The van der Waals surface area contributed by atoms with E-state index >= 15 is 0 Å². The maximum absolute atomic E-state index is 11.9. The summed E-state index contributed by atoms with van der Waals surface area (Å²) in [5, 5.41) is 1.98. The molecule has 1 atom stereocenters. The highest BCUT2D eigenvalue weighted by atomic mass is 19.4. The van der Waals surface area contributed by atoms with E-state index in [2.05, 4.69) is 0 Å². The first kappa shape index (κ1) is 12.1. The molecule has 1 aliphatic rings. The van der Waals surface area contributed by atoms with Crippen LogP contribution >= 0.6 is 0 Å². The van der Waals surface area contributed by atoms with E-state index in [9.17, 15) is 18.0 Å². The molecular weight excluding hydrogens is 207 g/mol. The third-order valence-corrected chi connectivity index (χ3v) is 2.33. The van der Waals surface area contributed by atoms with Crippen LogP contribution in [-0.4, -0.2) is 18.1 Å². The van der Waals surface area contributed by atoms with Gasteiger partial charge in [-0.2, -0.15) is 13.2 Å². The second-order valence-electron chi connectivity index (χ2n) is 3.64. The van der Waals surface area contributed by atoms with E-state index in [1.807, 2.05) is 11.4 Å². The van der Waals surface area contributed by atoms with Crippen molar-refractivity contribution in [2.45, 2.75) is 44.3 Å². The van der Waals surface area contributed by atoms with Gasteiger partial charge in [-0.3, -0.25) is 4.79 Å². The summed E-state index contributed by atoms with van der Waals surface area (Å²) in [5.41, 5.74) is 0. The largest absolute Gasteiger partial charge is 0.471 e. The molecule has 1 N–H and O–H groups in total. The number of halogens is 3. The Kier molecular flexibility index (Phi) is 4.17. The standard InChI is InChI=1S/C10H14F3NO/c11-10(12,13)9(15)14-8-6-4-2-1-3-5-7-8/h4,6,8H,1-3,5,7H2,(H,14,15)/b6-4-. The Labute approximate surface area is 86.5 Å². The van der Waals surface area contributed by atoms with Gasteiger partial charge in [0.05, 0.1) is 0 Å². The van der Waals surface area contributed by atoms with Gasteiger partial charge in [-0.25, -0.2) is 0 Å². The maximum atomic E-state index is 11.9. The highest BCUT2D eigenvalue weighted by molar-refractivity contribution is 5.82. The zero-order chi connectivity index (χ0) is 11.3. The minimum atomic E-state index is -4.78. The normalized spacial score (nSPS) is 25.1. The Morgan fingerprint density at radius 1 is 1.27 bits per heavy atom. The van der Waals surface area contributed by atoms with Gasteiger partial charge in [0, 0.05) is 6.04 Å². The van der Waals surface area contributed by atoms with Crippen molar-refractivity contribution in [2.24, 2.45) is 0 Å². The van der Waals surface area contributed by atoms with Crippen molar-refractivity contribution in [2.75, 3.05) is 0 Å². The minimum Gasteiger partial charge on any atom is -0.342 e. The number of carbonyl (C=O) groups is 1. The van der Waals surface area contributed by atoms with Crippen LogP contribution in [0.3, 0.4) is 0 Å². The first-order valence-corrected chi connectivity index (χ1v) is 5.04. The molecule has 0 spiro atoms. The van der Waals surface area contributed by atoms with Gasteiger partial charge in [0.2, 0.25) is 0 Å². The van der Waals surface area contributed by atoms with Crippen molar-refractivity contribution < 1.29 is 18.0 Å². The van der Waals surface area contributed by atoms with Crippen LogP contribution in [-0.2, 0) is 4.79 Å². The van der Waals surface area contributed by atoms with E-state index in [4.69, 9.17) is 0 Å². The minimum absolute atomic E-state index is 0.473. The lowest BCUT2D eigenvalue weighted by Crippen LogP contribution is -2.42. The molecule has 0 saturated heterocycles. The Morgan fingerprint density at radius 2 is 2.00 bits per heavy atom. The zero-order valence-electron chi connectivity index (χ0n) is 8.31. The molecule has 0 aromatic carbocycles. The molecule has 0 aliphatic heterocycles. The fourth-order valence-corrected chi connectivity index (χ4v) is 1.53. The fraction of sp³-hybridized carbons (Fsp3) is 0.700. The topological polar surface area (TPSA) is 29.1 Å². The summed E-state index contributed by atoms with van der Waals surface area (Å²) >= 11 is 0. The summed E-state index contributed by atoms with van der Waals surface area (Å²) in [7, 11) is 0. The molecule has 86 valence electrons. The quantitative estimate of drug-likeness (QED) is 0.677. The third-order valence-electron chi connectivity index (χ3n) is 2.33. The molecular formula is C10H14F3NO. The summed E-state index contributed by atoms with van der Waals surface area (Å²) < 4.78 is 35.8. The molecule has 0 radical (unpaired) electrons. The number of amides is 1. The third kappa shape index (κ3) is 4.36. The molecule has 0 heterocycles. The van der Waals surface area contributed by atoms with Crippen molar-refractivity contribution in [3.63, 3.8) is 0 Å². The SMILES string of the molecule is O=C(NC1/C=C\CCCCC1)C(F)(F)F. The lowest BCUT2D eigenvalue weighted by molar-refractivity contribution is -0.174. The van der Waals surface area contributed by atoms with Crippen LogP contribution in [0.25, 0.3) is 0 Å². The van der Waals surface area contributed by atoms with E-state index < -0.39 is 18.1 Å². The monoisotopic (exact) mass is 221 g/mol. The van der Waals surface area contributed by atoms with E-state index in [0.717, 1.165) is 25.7 Å². The number of carbonyl (C=O) groups excluding carboxylic acids is 1. The number of hydrogen-bond acceptors (Lipinski definition) is 1. The van der Waals surface area contributed by atoms with Gasteiger partial charge in [-0.15, -0.1) is 0 Å². The summed E-state index contributed by atoms with van der Waals surface area (Å²) in [6.07, 6.45) is 3.09. The maximum Gasteiger partial charge on any atom is 0.471 e. The van der Waals surface area contributed by atoms with Crippen molar-refractivity contribution >= 4 is 5.91 Å². The second kappa shape index (κ2) is 5.19. The molecule has 0 bridgehead atoms. The van der Waals surface area contributed by atoms with Gasteiger partial charge in [0.15, 0.2) is 0 Å². The second-order valence-corrected chi connectivity index (χ2v) is 3.64. The number of alkyl halides is 3. The number of nitrogens with one attached hydrogen (secondary N) is 1. The smallest absolute Gasteiger partial charge is 0.342 e. The first-order valence-electron chi connectivity index (χ1n) is 5.04. The van der Waals surface area contributed by atoms with Crippen LogP contribution in [0.4, 0.5) is 13.2 Å². The molecule has 1 amide bonds. The van der Waals surface area contributed by atoms with Crippen LogP contribution in [0, 0.1) is 0 Å². The molecule has 15 heavy (non-hydrogen) atoms. The van der Waals surface area contributed by atoms with Crippen molar-refractivity contribution in [3.8, 4) is 0 Å². The van der Waals surface area contributed by atoms with Crippen molar-refractivity contribution in [1.29, 1.82) is 0 Å². The predicted octanol–water partition coefficient (Wildman–Crippen LogP) is 2.55. The van der Waals surface area contributed by atoms with Gasteiger partial charge in [0.1, 0.15) is 0 Å². The lowest BCUT2D eigenvalue weighted by Gasteiger charge is -2.17. The molecule has 1 aliphatic carbocycles. The van der Waals surface area contributed by atoms with Gasteiger partial charge in [-0.05, 0) is 19.3 Å². The lowest BCUT2D eigenvalue weighted by atomic mass is 10.0. The molecule has 0 fully saturated rings. The Bertz CT molecular complexity index is 248. The molecule has 2 nitrogen and oxygen atoms in total. The van der Waals surface area contributed by atoms with Crippen molar-refractivity contribution in [3.05, 3.63) is 12.2 Å². The fourth-order valence-electron chi connectivity index (χ4n) is 1.53. The van der Waals surface area contributed by atoms with Crippen LogP contribution in [0.1, 0.15) is 32.1 Å². The van der Waals surface area contributed by atoms with Crippen LogP contribution in [0.2, 0.25) is 0 Å². The highest BCUT2D eigenvalue weighted by Crippen LogP contribution is 2.17. The van der Waals surface area contributed by atoms with Gasteiger partial charge >= 0.3 is 12.1 Å². The molecule has 0 aromatic heterocycles. The summed E-state index contributed by atoms with van der Waals surface area (Å²) in [5.74, 6) is -1.85. The number of allylic oxidation sites excluding steroid dienone is 1. The predicted molar refractivity (Wildman–Crippen MR) is 50.2 cm³/mol. The highest BCUT2D eigenvalue weighted by Gasteiger charge is 2.39. The molecule has 0 saturated carbocycles. The first-order chi connectivity index (χ1) is 7.00. The van der Waals surface area contributed by atoms with Gasteiger partial charge in [0.25, 0.3) is 0 Å². The van der Waals surface area contributed by atoms with E-state index in [1.165, 1.54) is 0 Å². The molecule has 5 heteroatoms. The van der Waals surface area contributed by atoms with Gasteiger partial charge < -0.3 is 5.32 Å². The summed E-state index contributed by atoms with van der Waals surface area (Å²) in [4.78, 5) is 10.7. The van der Waals surface area contributed by atoms with Crippen molar-refractivity contribution in [1.82, 2.24) is 5.32 Å². The average Bonchev–Trinajstić information content (AvgIpc) is 2.07. The summed E-state index contributed by atoms with van der Waals surface area (Å²) in [6.45, 7) is 0. The number of rotatable bonds is 1. The Hall–Kier alpha value is -1.00. The van der Waals surface area contributed by atoms with Gasteiger partial charge in [-0.1, -0.05) is 25.0 Å². The van der Waals surface area contributed by atoms with Crippen LogP contribution in [0.5, 0.6) is 0 Å². The Balaban J connectivity index is 2.48. The molecule has 1 rings (SSSR count). The molecule has 0 aromatic rings. The zero-order valence-corrected chi connectivity index (χ0v) is 8.31. The molecule has 1 unspecified atom stereocenters. The average molecular weight is 221 g/mol. The van der Waals surface area contributed by atoms with E-state index in [-0.39, 0.29) is 0 Å². The Morgan fingerprint density at radius 3 is 2.67 bits per heavy atom. The van der Waals surface area contributed by atoms with E-state index in [1.54, 1.807) is 6.08 Å². The van der Waals surface area contributed by atoms with E-state index in [0.29, 0.717) is 6.42 Å². The number of hydrogen-bond donors (Lipinski definition) is 1. The summed E-state index contributed by atoms with van der Waals surface area (Å²) in [6, 6.07) is -0.473. The van der Waals surface area contributed by atoms with Crippen LogP contribution in [0.15, 0.2) is 12.2 Å². The van der Waals surface area contributed by atoms with Crippen LogP contribution < -0.4 is 5.32 Å².